The molecule has 3 heteroatoms. The molecule has 2 N–H and O–H groups in total. The predicted octanol–water partition coefficient (Wildman–Crippen LogP) is 4.14. The van der Waals surface area contributed by atoms with E-state index in [0.29, 0.717) is 10.6 Å². The molecular weight excluding hydrogens is 249 g/mol. The Bertz CT molecular complexity index is 540. The minimum absolute atomic E-state index is 0.351. The zero-order valence-electron chi connectivity index (χ0n) is 10.4. The Kier molecular flexibility index (Phi) is 3.69. The van der Waals surface area contributed by atoms with Crippen molar-refractivity contribution < 1.29 is 4.39 Å². The van der Waals surface area contributed by atoms with Gasteiger partial charge in [-0.3, -0.25) is 0 Å². The number of rotatable bonds is 2. The molecule has 0 aliphatic carbocycles. The van der Waals surface area contributed by atoms with Gasteiger partial charge in [0, 0.05) is 10.6 Å². The highest BCUT2D eigenvalue weighted by atomic mass is 35.5. The van der Waals surface area contributed by atoms with Gasteiger partial charge in [-0.15, -0.1) is 0 Å². The summed E-state index contributed by atoms with van der Waals surface area (Å²) in [6, 6.07) is 10.0. The van der Waals surface area contributed by atoms with Crippen molar-refractivity contribution in [1.29, 1.82) is 0 Å². The van der Waals surface area contributed by atoms with Crippen molar-refractivity contribution in [2.45, 2.75) is 19.9 Å². The van der Waals surface area contributed by atoms with Gasteiger partial charge < -0.3 is 5.73 Å². The van der Waals surface area contributed by atoms with Crippen LogP contribution in [0.15, 0.2) is 36.4 Å². The quantitative estimate of drug-likeness (QED) is 0.866. The predicted molar refractivity (Wildman–Crippen MR) is 73.4 cm³/mol. The first-order valence-corrected chi connectivity index (χ1v) is 6.14. The van der Waals surface area contributed by atoms with Crippen LogP contribution in [0.2, 0.25) is 5.02 Å². The lowest BCUT2D eigenvalue weighted by Gasteiger charge is -2.16. The van der Waals surface area contributed by atoms with Gasteiger partial charge in [-0.05, 0) is 31.5 Å². The summed E-state index contributed by atoms with van der Waals surface area (Å²) in [7, 11) is 0. The lowest BCUT2D eigenvalue weighted by atomic mass is 9.96. The van der Waals surface area contributed by atoms with E-state index in [2.05, 4.69) is 6.07 Å². The summed E-state index contributed by atoms with van der Waals surface area (Å²) in [6.45, 7) is 3.98. The van der Waals surface area contributed by atoms with E-state index >= 15 is 0 Å². The molecule has 0 heterocycles. The molecule has 0 aromatic heterocycles. The van der Waals surface area contributed by atoms with E-state index in [1.165, 1.54) is 6.07 Å². The molecule has 1 nitrogen and oxygen atoms in total. The summed E-state index contributed by atoms with van der Waals surface area (Å²) in [5.74, 6) is -0.367. The zero-order chi connectivity index (χ0) is 13.3. The summed E-state index contributed by atoms with van der Waals surface area (Å²) < 4.78 is 13.8. The molecule has 94 valence electrons. The van der Waals surface area contributed by atoms with E-state index in [4.69, 9.17) is 17.3 Å². The van der Waals surface area contributed by atoms with Gasteiger partial charge in [-0.25, -0.2) is 4.39 Å². The Labute approximate surface area is 111 Å². The highest BCUT2D eigenvalue weighted by Crippen LogP contribution is 2.29. The number of hydrogen-bond donors (Lipinski definition) is 1. The molecule has 0 bridgehead atoms. The third-order valence-electron chi connectivity index (χ3n) is 2.91. The number of halogens is 2. The van der Waals surface area contributed by atoms with Gasteiger partial charge in [-0.2, -0.15) is 0 Å². The fourth-order valence-corrected chi connectivity index (χ4v) is 2.44. The summed E-state index contributed by atoms with van der Waals surface area (Å²) in [4.78, 5) is 0. The van der Waals surface area contributed by atoms with Crippen LogP contribution in [0.3, 0.4) is 0 Å². The number of aryl methyl sites for hydroxylation is 2. The minimum Gasteiger partial charge on any atom is -0.320 e. The molecule has 2 rings (SSSR count). The molecule has 0 saturated heterocycles. The summed E-state index contributed by atoms with van der Waals surface area (Å²) in [5, 5.41) is 0.363. The first kappa shape index (κ1) is 13.1. The monoisotopic (exact) mass is 263 g/mol. The lowest BCUT2D eigenvalue weighted by molar-refractivity contribution is 0.600. The van der Waals surface area contributed by atoms with Gasteiger partial charge in [0.2, 0.25) is 0 Å². The van der Waals surface area contributed by atoms with Crippen LogP contribution < -0.4 is 5.73 Å². The molecular formula is C15H15ClFN. The summed E-state index contributed by atoms with van der Waals surface area (Å²) in [6.07, 6.45) is 0. The normalized spacial score (nSPS) is 12.5. The maximum absolute atomic E-state index is 13.8. The molecule has 0 radical (unpaired) electrons. The molecule has 0 amide bonds. The Morgan fingerprint density at radius 3 is 2.28 bits per heavy atom. The highest BCUT2D eigenvalue weighted by Gasteiger charge is 2.17. The summed E-state index contributed by atoms with van der Waals surface area (Å²) >= 11 is 6.03. The third-order valence-corrected chi connectivity index (χ3v) is 3.24. The first-order valence-electron chi connectivity index (χ1n) is 5.76. The van der Waals surface area contributed by atoms with Gasteiger partial charge in [0.15, 0.2) is 0 Å². The van der Waals surface area contributed by atoms with Gasteiger partial charge in [0.25, 0.3) is 0 Å². The molecule has 0 saturated carbocycles. The van der Waals surface area contributed by atoms with E-state index in [-0.39, 0.29) is 5.82 Å². The van der Waals surface area contributed by atoms with Crippen LogP contribution in [0.4, 0.5) is 4.39 Å². The number of benzene rings is 2. The third kappa shape index (κ3) is 2.55. The van der Waals surface area contributed by atoms with Gasteiger partial charge in [-0.1, -0.05) is 47.0 Å². The van der Waals surface area contributed by atoms with Crippen LogP contribution in [-0.4, -0.2) is 0 Å². The fraction of sp³-hybridized carbons (Fsp3) is 0.200. The molecule has 2 aromatic carbocycles. The molecule has 0 aliphatic rings. The van der Waals surface area contributed by atoms with Crippen molar-refractivity contribution >= 4 is 11.6 Å². The Morgan fingerprint density at radius 2 is 1.72 bits per heavy atom. The Balaban J connectivity index is 2.51. The summed E-state index contributed by atoms with van der Waals surface area (Å²) in [5.41, 5.74) is 9.57. The second kappa shape index (κ2) is 5.09. The maximum Gasteiger partial charge on any atom is 0.129 e. The van der Waals surface area contributed by atoms with E-state index in [1.54, 1.807) is 12.1 Å². The van der Waals surface area contributed by atoms with Crippen LogP contribution in [0.1, 0.15) is 28.3 Å². The maximum atomic E-state index is 13.8. The SMILES string of the molecule is Cc1cc(C)cc(C(N)c2c(F)cccc2Cl)c1. The molecule has 1 unspecified atom stereocenters. The standard InChI is InChI=1S/C15H15ClFN/c1-9-6-10(2)8-11(7-9)15(18)14-12(16)4-3-5-13(14)17/h3-8,15H,18H2,1-2H3. The lowest BCUT2D eigenvalue weighted by Crippen LogP contribution is -2.14. The first-order chi connectivity index (χ1) is 8.49. The zero-order valence-corrected chi connectivity index (χ0v) is 11.1. The number of nitrogens with two attached hydrogens (primary N) is 1. The van der Waals surface area contributed by atoms with Gasteiger partial charge >= 0.3 is 0 Å². The van der Waals surface area contributed by atoms with Crippen molar-refractivity contribution in [3.05, 3.63) is 69.5 Å². The largest absolute Gasteiger partial charge is 0.320 e. The average Bonchev–Trinajstić information content (AvgIpc) is 2.27. The van der Waals surface area contributed by atoms with Crippen molar-refractivity contribution in [3.8, 4) is 0 Å². The average molecular weight is 264 g/mol. The van der Waals surface area contributed by atoms with Gasteiger partial charge in [0.05, 0.1) is 6.04 Å². The van der Waals surface area contributed by atoms with E-state index < -0.39 is 6.04 Å². The van der Waals surface area contributed by atoms with Crippen LogP contribution in [-0.2, 0) is 0 Å². The van der Waals surface area contributed by atoms with Crippen LogP contribution in [0.5, 0.6) is 0 Å². The molecule has 1 atom stereocenters. The second-order valence-electron chi connectivity index (χ2n) is 4.53. The molecule has 0 aliphatic heterocycles. The molecule has 0 fully saturated rings. The smallest absolute Gasteiger partial charge is 0.129 e. The van der Waals surface area contributed by atoms with Crippen molar-refractivity contribution in [2.75, 3.05) is 0 Å². The molecule has 2 aromatic rings. The van der Waals surface area contributed by atoms with Gasteiger partial charge in [0.1, 0.15) is 5.82 Å². The minimum atomic E-state index is -0.544. The van der Waals surface area contributed by atoms with Crippen molar-refractivity contribution in [3.63, 3.8) is 0 Å². The molecule has 0 spiro atoms. The van der Waals surface area contributed by atoms with Crippen molar-refractivity contribution in [2.24, 2.45) is 5.73 Å². The van der Waals surface area contributed by atoms with Crippen LogP contribution >= 0.6 is 11.6 Å². The molecule has 18 heavy (non-hydrogen) atoms. The second-order valence-corrected chi connectivity index (χ2v) is 4.94. The van der Waals surface area contributed by atoms with E-state index in [1.807, 2.05) is 26.0 Å². The van der Waals surface area contributed by atoms with E-state index in [9.17, 15) is 4.39 Å². The Morgan fingerprint density at radius 1 is 1.11 bits per heavy atom. The van der Waals surface area contributed by atoms with Crippen LogP contribution in [0, 0.1) is 19.7 Å². The Hall–Kier alpha value is -1.38. The van der Waals surface area contributed by atoms with Crippen LogP contribution in [0.25, 0.3) is 0 Å². The van der Waals surface area contributed by atoms with Crippen molar-refractivity contribution in [1.82, 2.24) is 0 Å². The highest BCUT2D eigenvalue weighted by molar-refractivity contribution is 6.31. The number of hydrogen-bond acceptors (Lipinski definition) is 1. The fourth-order valence-electron chi connectivity index (χ4n) is 2.16. The topological polar surface area (TPSA) is 26.0 Å². The van der Waals surface area contributed by atoms with E-state index in [0.717, 1.165) is 16.7 Å².